The monoisotopic (exact) mass is 398 g/mol. The van der Waals surface area contributed by atoms with Gasteiger partial charge in [0, 0.05) is 31.0 Å². The highest BCUT2D eigenvalue weighted by Gasteiger charge is 2.26. The Morgan fingerprint density at radius 2 is 1.86 bits per heavy atom. The Morgan fingerprint density at radius 1 is 1.10 bits per heavy atom. The first kappa shape index (κ1) is 20.8. The molecular weight excluding hydrogens is 371 g/mol. The van der Waals surface area contributed by atoms with Gasteiger partial charge in [-0.05, 0) is 62.2 Å². The molecule has 0 spiro atoms. The van der Waals surface area contributed by atoms with Gasteiger partial charge in [-0.3, -0.25) is 9.69 Å². The van der Waals surface area contributed by atoms with Crippen LogP contribution in [0.15, 0.2) is 48.5 Å². The van der Waals surface area contributed by atoms with Crippen LogP contribution in [0.3, 0.4) is 0 Å². The number of rotatable bonds is 6. The lowest BCUT2D eigenvalue weighted by Crippen LogP contribution is -2.40. The molecule has 29 heavy (non-hydrogen) atoms. The third-order valence-corrected chi connectivity index (χ3v) is 4.90. The van der Waals surface area contributed by atoms with Crippen molar-refractivity contribution in [3.63, 3.8) is 0 Å². The second kappa shape index (κ2) is 10.0. The minimum Gasteiger partial charge on any atom is -0.338 e. The first-order chi connectivity index (χ1) is 14.0. The van der Waals surface area contributed by atoms with Gasteiger partial charge < -0.3 is 16.0 Å². The van der Waals surface area contributed by atoms with Crippen LogP contribution in [0.2, 0.25) is 0 Å². The van der Waals surface area contributed by atoms with Crippen LogP contribution in [-0.4, -0.2) is 36.5 Å². The van der Waals surface area contributed by atoms with Crippen LogP contribution < -0.4 is 16.0 Å². The molecule has 2 aromatic rings. The second-order valence-electron chi connectivity index (χ2n) is 7.26. The molecule has 3 rings (SSSR count). The highest BCUT2D eigenvalue weighted by molar-refractivity contribution is 5.94. The van der Waals surface area contributed by atoms with Crippen molar-refractivity contribution < 1.29 is 14.0 Å². The van der Waals surface area contributed by atoms with Gasteiger partial charge in [0.05, 0.1) is 5.92 Å². The minimum atomic E-state index is -0.281. The second-order valence-corrected chi connectivity index (χ2v) is 7.26. The molecule has 1 fully saturated rings. The number of carbonyl (C=O) groups is 2. The summed E-state index contributed by atoms with van der Waals surface area (Å²) < 4.78 is 13.4. The van der Waals surface area contributed by atoms with E-state index in [1.807, 2.05) is 13.0 Å². The molecule has 0 bridgehead atoms. The maximum absolute atomic E-state index is 13.4. The summed E-state index contributed by atoms with van der Waals surface area (Å²) in [5.41, 5.74) is 2.17. The molecule has 7 heteroatoms. The number of hydrogen-bond donors (Lipinski definition) is 3. The normalized spacial score (nSPS) is 16.8. The van der Waals surface area contributed by atoms with Gasteiger partial charge in [-0.15, -0.1) is 0 Å². The van der Waals surface area contributed by atoms with Crippen molar-refractivity contribution in [2.45, 2.75) is 26.3 Å². The van der Waals surface area contributed by atoms with Gasteiger partial charge in [-0.2, -0.15) is 0 Å². The van der Waals surface area contributed by atoms with Crippen molar-refractivity contribution in [1.82, 2.24) is 10.2 Å². The molecule has 1 aliphatic heterocycles. The molecule has 0 saturated carbocycles. The SMILES string of the molecule is CCNC(=O)Nc1cccc(NC(=O)C2CCCN(Cc3cccc(F)c3)C2)c1. The molecule has 6 nitrogen and oxygen atoms in total. The summed E-state index contributed by atoms with van der Waals surface area (Å²) in [6.07, 6.45) is 1.74. The first-order valence-electron chi connectivity index (χ1n) is 9.96. The number of anilines is 2. The van der Waals surface area contributed by atoms with E-state index in [9.17, 15) is 14.0 Å². The van der Waals surface area contributed by atoms with E-state index in [-0.39, 0.29) is 23.7 Å². The number of amides is 3. The molecule has 154 valence electrons. The molecule has 1 heterocycles. The number of urea groups is 1. The predicted molar refractivity (Wildman–Crippen MR) is 112 cm³/mol. The lowest BCUT2D eigenvalue weighted by Gasteiger charge is -2.32. The van der Waals surface area contributed by atoms with E-state index in [4.69, 9.17) is 0 Å². The molecular formula is C22H27FN4O2. The van der Waals surface area contributed by atoms with Crippen LogP contribution in [0, 0.1) is 11.7 Å². The Balaban J connectivity index is 1.56. The predicted octanol–water partition coefficient (Wildman–Crippen LogP) is 3.82. The zero-order valence-electron chi connectivity index (χ0n) is 16.6. The highest BCUT2D eigenvalue weighted by Crippen LogP contribution is 2.22. The molecule has 3 amide bonds. The van der Waals surface area contributed by atoms with E-state index < -0.39 is 0 Å². The molecule has 1 saturated heterocycles. The number of carbonyl (C=O) groups excluding carboxylic acids is 2. The van der Waals surface area contributed by atoms with E-state index in [2.05, 4.69) is 20.9 Å². The third-order valence-electron chi connectivity index (χ3n) is 4.90. The molecule has 1 atom stereocenters. The largest absolute Gasteiger partial charge is 0.338 e. The Hall–Kier alpha value is -2.93. The third kappa shape index (κ3) is 6.29. The summed E-state index contributed by atoms with van der Waals surface area (Å²) in [6, 6.07) is 13.4. The Labute approximate surface area is 170 Å². The average molecular weight is 398 g/mol. The lowest BCUT2D eigenvalue weighted by atomic mass is 9.96. The summed E-state index contributed by atoms with van der Waals surface area (Å²) in [5.74, 6) is -0.406. The summed E-state index contributed by atoms with van der Waals surface area (Å²) in [4.78, 5) is 26.6. The van der Waals surface area contributed by atoms with Crippen molar-refractivity contribution in [2.75, 3.05) is 30.3 Å². The number of benzene rings is 2. The summed E-state index contributed by atoms with van der Waals surface area (Å²) in [7, 11) is 0. The first-order valence-corrected chi connectivity index (χ1v) is 9.96. The van der Waals surface area contributed by atoms with E-state index in [0.29, 0.717) is 31.0 Å². The van der Waals surface area contributed by atoms with E-state index >= 15 is 0 Å². The van der Waals surface area contributed by atoms with E-state index in [1.54, 1.807) is 30.3 Å². The van der Waals surface area contributed by atoms with Crippen molar-refractivity contribution in [3.05, 3.63) is 59.9 Å². The fourth-order valence-corrected chi connectivity index (χ4v) is 3.56. The maximum atomic E-state index is 13.4. The van der Waals surface area contributed by atoms with Gasteiger partial charge >= 0.3 is 6.03 Å². The lowest BCUT2D eigenvalue weighted by molar-refractivity contribution is -0.121. The van der Waals surface area contributed by atoms with Crippen LogP contribution in [0.1, 0.15) is 25.3 Å². The van der Waals surface area contributed by atoms with Gasteiger partial charge in [0.25, 0.3) is 0 Å². The molecule has 2 aromatic carbocycles. The van der Waals surface area contributed by atoms with Gasteiger partial charge in [0.15, 0.2) is 0 Å². The van der Waals surface area contributed by atoms with Crippen molar-refractivity contribution in [2.24, 2.45) is 5.92 Å². The maximum Gasteiger partial charge on any atom is 0.319 e. The number of nitrogens with zero attached hydrogens (tertiary/aromatic N) is 1. The van der Waals surface area contributed by atoms with Crippen molar-refractivity contribution >= 4 is 23.3 Å². The average Bonchev–Trinajstić information content (AvgIpc) is 2.68. The molecule has 1 unspecified atom stereocenters. The van der Waals surface area contributed by atoms with E-state index in [1.165, 1.54) is 12.1 Å². The summed E-state index contributed by atoms with van der Waals surface area (Å²) in [5, 5.41) is 8.36. The highest BCUT2D eigenvalue weighted by atomic mass is 19.1. The minimum absolute atomic E-state index is 0.0379. The Kier molecular flexibility index (Phi) is 7.19. The smallest absolute Gasteiger partial charge is 0.319 e. The standard InChI is InChI=1S/C22H27FN4O2/c1-2-24-22(29)26-20-10-4-9-19(13-20)25-21(28)17-7-5-11-27(15-17)14-16-6-3-8-18(23)12-16/h3-4,6,8-10,12-13,17H,2,5,7,11,14-15H2,1H3,(H,25,28)(H2,24,26,29). The van der Waals surface area contributed by atoms with Crippen LogP contribution in [0.4, 0.5) is 20.6 Å². The zero-order valence-corrected chi connectivity index (χ0v) is 16.6. The van der Waals surface area contributed by atoms with Gasteiger partial charge in [0.1, 0.15) is 5.82 Å². The van der Waals surface area contributed by atoms with Gasteiger partial charge in [-0.25, -0.2) is 9.18 Å². The quantitative estimate of drug-likeness (QED) is 0.693. The molecule has 0 radical (unpaired) electrons. The molecule has 0 aliphatic carbocycles. The Morgan fingerprint density at radius 3 is 2.62 bits per heavy atom. The van der Waals surface area contributed by atoms with Crippen molar-refractivity contribution in [1.29, 1.82) is 0 Å². The number of likely N-dealkylation sites (tertiary alicyclic amines) is 1. The number of nitrogens with one attached hydrogen (secondary N) is 3. The van der Waals surface area contributed by atoms with Crippen molar-refractivity contribution in [3.8, 4) is 0 Å². The van der Waals surface area contributed by atoms with E-state index in [0.717, 1.165) is 24.9 Å². The topological polar surface area (TPSA) is 73.5 Å². The fraction of sp³-hybridized carbons (Fsp3) is 0.364. The summed E-state index contributed by atoms with van der Waals surface area (Å²) >= 11 is 0. The van der Waals surface area contributed by atoms with Crippen LogP contribution >= 0.6 is 0 Å². The number of halogens is 1. The number of piperidine rings is 1. The summed E-state index contributed by atoms with van der Waals surface area (Å²) in [6.45, 7) is 4.55. The molecule has 0 aromatic heterocycles. The van der Waals surface area contributed by atoms with Crippen LogP contribution in [-0.2, 0) is 11.3 Å². The van der Waals surface area contributed by atoms with Crippen LogP contribution in [0.25, 0.3) is 0 Å². The zero-order chi connectivity index (χ0) is 20.6. The van der Waals surface area contributed by atoms with Crippen LogP contribution in [0.5, 0.6) is 0 Å². The fourth-order valence-electron chi connectivity index (χ4n) is 3.56. The molecule has 3 N–H and O–H groups in total. The van der Waals surface area contributed by atoms with Gasteiger partial charge in [-0.1, -0.05) is 18.2 Å². The molecule has 1 aliphatic rings. The number of hydrogen-bond acceptors (Lipinski definition) is 3. The Bertz CT molecular complexity index is 858. The van der Waals surface area contributed by atoms with Gasteiger partial charge in [0.2, 0.25) is 5.91 Å².